The van der Waals surface area contributed by atoms with Crippen LogP contribution in [0.2, 0.25) is 0 Å². The van der Waals surface area contributed by atoms with Crippen LogP contribution in [0.15, 0.2) is 18.2 Å². The minimum atomic E-state index is -0.455. The van der Waals surface area contributed by atoms with Crippen molar-refractivity contribution in [2.75, 3.05) is 25.7 Å². The predicted molar refractivity (Wildman–Crippen MR) is 69.2 cm³/mol. The van der Waals surface area contributed by atoms with Gasteiger partial charge in [0.05, 0.1) is 25.8 Å². The van der Waals surface area contributed by atoms with Gasteiger partial charge in [-0.25, -0.2) is 0 Å². The molecule has 1 aliphatic heterocycles. The van der Waals surface area contributed by atoms with E-state index < -0.39 is 11.8 Å². The van der Waals surface area contributed by atoms with E-state index in [9.17, 15) is 9.59 Å². The van der Waals surface area contributed by atoms with E-state index in [1.165, 1.54) is 12.0 Å². The van der Waals surface area contributed by atoms with E-state index in [2.05, 4.69) is 0 Å². The summed E-state index contributed by atoms with van der Waals surface area (Å²) in [7, 11) is 3.07. The van der Waals surface area contributed by atoms with Crippen molar-refractivity contribution in [1.29, 1.82) is 0 Å². The highest BCUT2D eigenvalue weighted by Crippen LogP contribution is 2.35. The molecule has 6 nitrogen and oxygen atoms in total. The first-order chi connectivity index (χ1) is 9.06. The first-order valence-corrected chi connectivity index (χ1v) is 5.88. The van der Waals surface area contributed by atoms with Gasteiger partial charge >= 0.3 is 0 Å². The molecule has 0 aliphatic carbocycles. The van der Waals surface area contributed by atoms with Gasteiger partial charge in [0.25, 0.3) is 0 Å². The minimum Gasteiger partial charge on any atom is -0.497 e. The van der Waals surface area contributed by atoms with Crippen LogP contribution in [0.3, 0.4) is 0 Å². The summed E-state index contributed by atoms with van der Waals surface area (Å²) < 4.78 is 10.4. The molecule has 0 aromatic heterocycles. The molecular weight excluding hydrogens is 248 g/mol. The summed E-state index contributed by atoms with van der Waals surface area (Å²) >= 11 is 0. The summed E-state index contributed by atoms with van der Waals surface area (Å²) in [5.74, 6) is 0.131. The highest BCUT2D eigenvalue weighted by atomic mass is 16.5. The Labute approximate surface area is 111 Å². The highest BCUT2D eigenvalue weighted by molar-refractivity contribution is 6.01. The molecule has 1 unspecified atom stereocenters. The number of nitrogens with zero attached hydrogens (tertiary/aromatic N) is 1. The Morgan fingerprint density at radius 1 is 1.37 bits per heavy atom. The molecular formula is C13H16N2O4. The van der Waals surface area contributed by atoms with E-state index in [0.29, 0.717) is 17.2 Å². The number of ether oxygens (including phenoxy) is 2. The minimum absolute atomic E-state index is 0.132. The number of methoxy groups -OCH3 is 2. The van der Waals surface area contributed by atoms with Crippen LogP contribution in [0.5, 0.6) is 11.5 Å². The zero-order valence-electron chi connectivity index (χ0n) is 10.9. The second kappa shape index (κ2) is 5.17. The number of benzene rings is 1. The summed E-state index contributed by atoms with van der Waals surface area (Å²) in [6.45, 7) is 0.289. The molecule has 1 atom stereocenters. The van der Waals surface area contributed by atoms with Crippen LogP contribution in [0.4, 0.5) is 5.69 Å². The maximum atomic E-state index is 11.9. The Morgan fingerprint density at radius 2 is 2.11 bits per heavy atom. The SMILES string of the molecule is COc1ccc(N2CC(C(N)=O)CC2=O)c(OC)c1. The molecule has 1 fully saturated rings. The van der Waals surface area contributed by atoms with Gasteiger partial charge in [0.15, 0.2) is 0 Å². The number of hydrogen-bond donors (Lipinski definition) is 1. The van der Waals surface area contributed by atoms with Crippen molar-refractivity contribution in [2.45, 2.75) is 6.42 Å². The lowest BCUT2D eigenvalue weighted by molar-refractivity contribution is -0.123. The lowest BCUT2D eigenvalue weighted by Gasteiger charge is -2.19. The van der Waals surface area contributed by atoms with Crippen molar-refractivity contribution in [3.05, 3.63) is 18.2 Å². The van der Waals surface area contributed by atoms with Crippen LogP contribution in [0.25, 0.3) is 0 Å². The molecule has 0 spiro atoms. The van der Waals surface area contributed by atoms with Crippen molar-refractivity contribution in [2.24, 2.45) is 11.7 Å². The van der Waals surface area contributed by atoms with Gasteiger partial charge in [-0.15, -0.1) is 0 Å². The average Bonchev–Trinajstić information content (AvgIpc) is 2.80. The van der Waals surface area contributed by atoms with E-state index in [-0.39, 0.29) is 18.9 Å². The molecule has 1 aliphatic rings. The first-order valence-electron chi connectivity index (χ1n) is 5.88. The highest BCUT2D eigenvalue weighted by Gasteiger charge is 2.35. The quantitative estimate of drug-likeness (QED) is 0.860. The van der Waals surface area contributed by atoms with Gasteiger partial charge in [-0.3, -0.25) is 9.59 Å². The second-order valence-electron chi connectivity index (χ2n) is 4.35. The number of hydrogen-bond acceptors (Lipinski definition) is 4. The maximum absolute atomic E-state index is 11.9. The zero-order chi connectivity index (χ0) is 14.0. The third kappa shape index (κ3) is 2.47. The van der Waals surface area contributed by atoms with Crippen LogP contribution in [0.1, 0.15) is 6.42 Å². The van der Waals surface area contributed by atoms with Crippen LogP contribution >= 0.6 is 0 Å². The summed E-state index contributed by atoms with van der Waals surface area (Å²) in [5, 5.41) is 0. The zero-order valence-corrected chi connectivity index (χ0v) is 10.9. The van der Waals surface area contributed by atoms with Crippen molar-refractivity contribution in [3.8, 4) is 11.5 Å². The van der Waals surface area contributed by atoms with Gasteiger partial charge < -0.3 is 20.1 Å². The van der Waals surface area contributed by atoms with Crippen molar-refractivity contribution >= 4 is 17.5 Å². The number of rotatable bonds is 4. The summed E-state index contributed by atoms with van der Waals surface area (Å²) in [5.41, 5.74) is 5.87. The molecule has 19 heavy (non-hydrogen) atoms. The molecule has 1 saturated heterocycles. The lowest BCUT2D eigenvalue weighted by Crippen LogP contribution is -2.28. The van der Waals surface area contributed by atoms with Crippen molar-refractivity contribution in [3.63, 3.8) is 0 Å². The molecule has 2 N–H and O–H groups in total. The Morgan fingerprint density at radius 3 is 2.63 bits per heavy atom. The van der Waals surface area contributed by atoms with E-state index in [4.69, 9.17) is 15.2 Å². The maximum Gasteiger partial charge on any atom is 0.227 e. The number of nitrogens with two attached hydrogens (primary N) is 1. The third-order valence-corrected chi connectivity index (χ3v) is 3.21. The smallest absolute Gasteiger partial charge is 0.227 e. The topological polar surface area (TPSA) is 81.9 Å². The summed E-state index contributed by atoms with van der Waals surface area (Å²) in [6.07, 6.45) is 0.143. The predicted octanol–water partition coefficient (Wildman–Crippen LogP) is 0.542. The van der Waals surface area contributed by atoms with Gasteiger partial charge in [-0.05, 0) is 12.1 Å². The Kier molecular flexibility index (Phi) is 3.59. The largest absolute Gasteiger partial charge is 0.497 e. The fourth-order valence-electron chi connectivity index (χ4n) is 2.14. The Hall–Kier alpha value is -2.24. The summed E-state index contributed by atoms with van der Waals surface area (Å²) in [4.78, 5) is 24.6. The second-order valence-corrected chi connectivity index (χ2v) is 4.35. The average molecular weight is 264 g/mol. The van der Waals surface area contributed by atoms with Crippen LogP contribution < -0.4 is 20.1 Å². The van der Waals surface area contributed by atoms with E-state index in [1.807, 2.05) is 0 Å². The number of carbonyl (C=O) groups excluding carboxylic acids is 2. The molecule has 1 aromatic rings. The fourth-order valence-corrected chi connectivity index (χ4v) is 2.14. The van der Waals surface area contributed by atoms with Gasteiger partial charge in [-0.2, -0.15) is 0 Å². The number of anilines is 1. The van der Waals surface area contributed by atoms with Crippen LogP contribution in [-0.4, -0.2) is 32.6 Å². The van der Waals surface area contributed by atoms with Crippen LogP contribution in [0, 0.1) is 5.92 Å². The third-order valence-electron chi connectivity index (χ3n) is 3.21. The normalized spacial score (nSPS) is 18.5. The molecule has 102 valence electrons. The standard InChI is InChI=1S/C13H16N2O4/c1-18-9-3-4-10(11(6-9)19-2)15-7-8(13(14)17)5-12(15)16/h3-4,6,8H,5,7H2,1-2H3,(H2,14,17). The molecule has 0 radical (unpaired) electrons. The number of amides is 2. The van der Waals surface area contributed by atoms with E-state index >= 15 is 0 Å². The molecule has 2 rings (SSSR count). The number of primary amides is 1. The fraction of sp³-hybridized carbons (Fsp3) is 0.385. The van der Waals surface area contributed by atoms with Gasteiger partial charge in [0.2, 0.25) is 11.8 Å². The molecule has 1 heterocycles. The van der Waals surface area contributed by atoms with Crippen LogP contribution in [-0.2, 0) is 9.59 Å². The molecule has 1 aromatic carbocycles. The monoisotopic (exact) mass is 264 g/mol. The van der Waals surface area contributed by atoms with Crippen molar-refractivity contribution < 1.29 is 19.1 Å². The first kappa shape index (κ1) is 13.2. The Bertz CT molecular complexity index is 515. The molecule has 0 bridgehead atoms. The van der Waals surface area contributed by atoms with Crippen molar-refractivity contribution in [1.82, 2.24) is 0 Å². The Balaban J connectivity index is 2.31. The van der Waals surface area contributed by atoms with Gasteiger partial charge in [0, 0.05) is 19.0 Å². The molecule has 6 heteroatoms. The van der Waals surface area contributed by atoms with E-state index in [1.54, 1.807) is 25.3 Å². The lowest BCUT2D eigenvalue weighted by atomic mass is 10.1. The number of carbonyl (C=O) groups is 2. The van der Waals surface area contributed by atoms with Gasteiger partial charge in [0.1, 0.15) is 11.5 Å². The molecule has 0 saturated carbocycles. The van der Waals surface area contributed by atoms with E-state index in [0.717, 1.165) is 0 Å². The van der Waals surface area contributed by atoms with Gasteiger partial charge in [-0.1, -0.05) is 0 Å². The summed E-state index contributed by atoms with van der Waals surface area (Å²) in [6, 6.07) is 5.17. The molecule has 2 amide bonds.